The second-order valence-corrected chi connectivity index (χ2v) is 4.41. The van der Waals surface area contributed by atoms with Crippen LogP contribution in [0.3, 0.4) is 0 Å². The third-order valence-electron chi connectivity index (χ3n) is 3.02. The molecule has 2 aromatic rings. The summed E-state index contributed by atoms with van der Waals surface area (Å²) in [6.45, 7) is 3.43. The van der Waals surface area contributed by atoms with Gasteiger partial charge in [-0.05, 0) is 19.1 Å². The second kappa shape index (κ2) is 5.11. The Morgan fingerprint density at radius 2 is 1.80 bits per heavy atom. The van der Waals surface area contributed by atoms with Crippen molar-refractivity contribution in [3.8, 4) is 11.3 Å². The van der Waals surface area contributed by atoms with Crippen LogP contribution in [0.5, 0.6) is 0 Å². The number of hydrogen-bond donors (Lipinski definition) is 1. The van der Waals surface area contributed by atoms with Gasteiger partial charge in [0.2, 0.25) is 0 Å². The fourth-order valence-corrected chi connectivity index (χ4v) is 1.84. The monoisotopic (exact) mass is 282 g/mol. The first-order valence-corrected chi connectivity index (χ1v) is 6.10. The number of H-pyrrole nitrogens is 1. The van der Waals surface area contributed by atoms with E-state index < -0.39 is 11.7 Å². The Kier molecular flexibility index (Phi) is 3.65. The molecule has 0 aliphatic heterocycles. The molecule has 0 aliphatic carbocycles. The molecule has 0 aliphatic rings. The normalized spacial score (nSPS) is 11.7. The molecule has 0 unspecified atom stereocenters. The first-order chi connectivity index (χ1) is 9.32. The third kappa shape index (κ3) is 2.74. The molecular weight excluding hydrogens is 269 g/mol. The lowest BCUT2D eigenvalue weighted by Crippen LogP contribution is -2.15. The molecule has 1 heterocycles. The standard InChI is InChI=1S/C14H13F3N2O/c1-3-11-18-12(8(2)13(20)19-11)9-4-6-10(7-5-9)14(15,16)17/h4-7H,3H2,1-2H3,(H,18,19,20). The zero-order chi connectivity index (χ0) is 14.9. The molecule has 1 aromatic heterocycles. The Hall–Kier alpha value is -2.11. The van der Waals surface area contributed by atoms with Gasteiger partial charge in [-0.1, -0.05) is 19.1 Å². The quantitative estimate of drug-likeness (QED) is 0.918. The van der Waals surface area contributed by atoms with Gasteiger partial charge in [-0.2, -0.15) is 13.2 Å². The van der Waals surface area contributed by atoms with Gasteiger partial charge in [0.1, 0.15) is 5.82 Å². The number of benzene rings is 1. The molecule has 0 amide bonds. The van der Waals surface area contributed by atoms with Gasteiger partial charge >= 0.3 is 6.18 Å². The highest BCUT2D eigenvalue weighted by atomic mass is 19.4. The zero-order valence-electron chi connectivity index (χ0n) is 11.0. The number of aromatic nitrogens is 2. The van der Waals surface area contributed by atoms with E-state index in [9.17, 15) is 18.0 Å². The predicted octanol–water partition coefficient (Wildman–Crippen LogP) is 3.33. The van der Waals surface area contributed by atoms with Crippen LogP contribution in [0.2, 0.25) is 0 Å². The maximum Gasteiger partial charge on any atom is 0.416 e. The average Bonchev–Trinajstić information content (AvgIpc) is 2.41. The van der Waals surface area contributed by atoms with Crippen molar-refractivity contribution in [2.24, 2.45) is 0 Å². The van der Waals surface area contributed by atoms with E-state index in [1.54, 1.807) is 6.92 Å². The summed E-state index contributed by atoms with van der Waals surface area (Å²) in [5, 5.41) is 0. The van der Waals surface area contributed by atoms with E-state index in [2.05, 4.69) is 9.97 Å². The summed E-state index contributed by atoms with van der Waals surface area (Å²) >= 11 is 0. The van der Waals surface area contributed by atoms with Crippen LogP contribution >= 0.6 is 0 Å². The zero-order valence-corrected chi connectivity index (χ0v) is 11.0. The minimum atomic E-state index is -4.37. The lowest BCUT2D eigenvalue weighted by Gasteiger charge is -2.09. The number of alkyl halides is 3. The van der Waals surface area contributed by atoms with Crippen molar-refractivity contribution in [2.75, 3.05) is 0 Å². The van der Waals surface area contributed by atoms with Crippen molar-refractivity contribution in [1.82, 2.24) is 9.97 Å². The SMILES string of the molecule is CCc1nc(-c2ccc(C(F)(F)F)cc2)c(C)c(=O)[nH]1. The summed E-state index contributed by atoms with van der Waals surface area (Å²) in [5.74, 6) is 0.510. The van der Waals surface area contributed by atoms with E-state index in [0.717, 1.165) is 12.1 Å². The minimum absolute atomic E-state index is 0.272. The summed E-state index contributed by atoms with van der Waals surface area (Å²) in [6.07, 6.45) is -3.83. The number of nitrogens with zero attached hydrogens (tertiary/aromatic N) is 1. The first kappa shape index (κ1) is 14.3. The number of halogens is 3. The van der Waals surface area contributed by atoms with Crippen molar-refractivity contribution in [3.63, 3.8) is 0 Å². The molecule has 0 spiro atoms. The van der Waals surface area contributed by atoms with Crippen LogP contribution in [0.25, 0.3) is 11.3 Å². The minimum Gasteiger partial charge on any atom is -0.310 e. The molecule has 0 bridgehead atoms. The van der Waals surface area contributed by atoms with Crippen LogP contribution in [0, 0.1) is 6.92 Å². The number of aromatic amines is 1. The van der Waals surface area contributed by atoms with Crippen LogP contribution in [0.15, 0.2) is 29.1 Å². The number of rotatable bonds is 2. The topological polar surface area (TPSA) is 45.8 Å². The highest BCUT2D eigenvalue weighted by Crippen LogP contribution is 2.30. The molecule has 1 N–H and O–H groups in total. The molecule has 0 saturated heterocycles. The van der Waals surface area contributed by atoms with Crippen LogP contribution in [0.4, 0.5) is 13.2 Å². The van der Waals surface area contributed by atoms with Crippen molar-refractivity contribution in [3.05, 3.63) is 51.6 Å². The average molecular weight is 282 g/mol. The van der Waals surface area contributed by atoms with Crippen molar-refractivity contribution in [2.45, 2.75) is 26.4 Å². The van der Waals surface area contributed by atoms with Crippen LogP contribution in [-0.4, -0.2) is 9.97 Å². The van der Waals surface area contributed by atoms with Gasteiger partial charge in [-0.25, -0.2) is 4.98 Å². The molecule has 2 rings (SSSR count). The van der Waals surface area contributed by atoms with Crippen LogP contribution in [-0.2, 0) is 12.6 Å². The number of aryl methyl sites for hydroxylation is 1. The van der Waals surface area contributed by atoms with Gasteiger partial charge in [0.25, 0.3) is 5.56 Å². The smallest absolute Gasteiger partial charge is 0.310 e. The van der Waals surface area contributed by atoms with Gasteiger partial charge in [-0.3, -0.25) is 4.79 Å². The molecule has 0 saturated carbocycles. The third-order valence-corrected chi connectivity index (χ3v) is 3.02. The summed E-state index contributed by atoms with van der Waals surface area (Å²) in [5.41, 5.74) is 0.309. The molecule has 1 aromatic carbocycles. The fraction of sp³-hybridized carbons (Fsp3) is 0.286. The van der Waals surface area contributed by atoms with Crippen LogP contribution in [0.1, 0.15) is 23.9 Å². The van der Waals surface area contributed by atoms with Crippen LogP contribution < -0.4 is 5.56 Å². The molecule has 0 radical (unpaired) electrons. The van der Waals surface area contributed by atoms with E-state index in [1.165, 1.54) is 12.1 Å². The molecule has 3 nitrogen and oxygen atoms in total. The highest BCUT2D eigenvalue weighted by molar-refractivity contribution is 5.62. The van der Waals surface area contributed by atoms with E-state index in [-0.39, 0.29) is 5.56 Å². The lowest BCUT2D eigenvalue weighted by molar-refractivity contribution is -0.137. The largest absolute Gasteiger partial charge is 0.416 e. The van der Waals surface area contributed by atoms with Gasteiger partial charge in [0.15, 0.2) is 0 Å². The van der Waals surface area contributed by atoms with Gasteiger partial charge < -0.3 is 4.98 Å². The molecular formula is C14H13F3N2O. The van der Waals surface area contributed by atoms with Gasteiger partial charge in [0, 0.05) is 17.5 Å². The summed E-state index contributed by atoms with van der Waals surface area (Å²) in [6, 6.07) is 4.64. The molecule has 0 fully saturated rings. The Morgan fingerprint density at radius 1 is 1.20 bits per heavy atom. The summed E-state index contributed by atoms with van der Waals surface area (Å²) in [4.78, 5) is 18.6. The molecule has 20 heavy (non-hydrogen) atoms. The van der Waals surface area contributed by atoms with E-state index in [0.29, 0.717) is 29.1 Å². The molecule has 0 atom stereocenters. The highest BCUT2D eigenvalue weighted by Gasteiger charge is 2.30. The maximum absolute atomic E-state index is 12.5. The molecule has 106 valence electrons. The number of hydrogen-bond acceptors (Lipinski definition) is 2. The Bertz CT molecular complexity index is 672. The summed E-state index contributed by atoms with van der Waals surface area (Å²) < 4.78 is 37.5. The van der Waals surface area contributed by atoms with Crippen molar-refractivity contribution < 1.29 is 13.2 Å². The van der Waals surface area contributed by atoms with E-state index in [4.69, 9.17) is 0 Å². The van der Waals surface area contributed by atoms with Gasteiger partial charge in [0.05, 0.1) is 11.3 Å². The number of nitrogens with one attached hydrogen (secondary N) is 1. The van der Waals surface area contributed by atoms with Crippen molar-refractivity contribution in [1.29, 1.82) is 0 Å². The fourth-order valence-electron chi connectivity index (χ4n) is 1.84. The van der Waals surface area contributed by atoms with Crippen molar-refractivity contribution >= 4 is 0 Å². The van der Waals surface area contributed by atoms with Gasteiger partial charge in [-0.15, -0.1) is 0 Å². The Morgan fingerprint density at radius 3 is 2.30 bits per heavy atom. The Balaban J connectivity index is 2.52. The van der Waals surface area contributed by atoms with E-state index >= 15 is 0 Å². The summed E-state index contributed by atoms with van der Waals surface area (Å²) in [7, 11) is 0. The predicted molar refractivity (Wildman–Crippen MR) is 69.4 cm³/mol. The van der Waals surface area contributed by atoms with E-state index in [1.807, 2.05) is 6.92 Å². The Labute approximate surface area is 113 Å². The maximum atomic E-state index is 12.5. The second-order valence-electron chi connectivity index (χ2n) is 4.41. The lowest BCUT2D eigenvalue weighted by atomic mass is 10.1. The first-order valence-electron chi connectivity index (χ1n) is 6.10. The molecule has 6 heteroatoms.